The number of carbonyl (C=O) groups is 1. The minimum Gasteiger partial charge on any atom is -0.480 e. The van der Waals surface area contributed by atoms with Crippen molar-refractivity contribution in [1.82, 2.24) is 4.90 Å². The summed E-state index contributed by atoms with van der Waals surface area (Å²) < 4.78 is 29.0. The van der Waals surface area contributed by atoms with Gasteiger partial charge in [0, 0.05) is 24.2 Å². The molecule has 8 heteroatoms. The molecular weight excluding hydrogens is 436 g/mol. The van der Waals surface area contributed by atoms with Crippen LogP contribution in [-0.2, 0) is 21.2 Å². The molecule has 0 atom stereocenters. The van der Waals surface area contributed by atoms with Gasteiger partial charge >= 0.3 is 0 Å². The highest BCUT2D eigenvalue weighted by Crippen LogP contribution is 2.39. The fraction of sp³-hybridized carbons (Fsp3) is 0.261. The molecule has 2 aromatic carbocycles. The van der Waals surface area contributed by atoms with Crippen LogP contribution in [-0.4, -0.2) is 38.8 Å². The van der Waals surface area contributed by atoms with Gasteiger partial charge in [0.25, 0.3) is 0 Å². The van der Waals surface area contributed by atoms with Crippen molar-refractivity contribution < 1.29 is 17.9 Å². The van der Waals surface area contributed by atoms with Crippen molar-refractivity contribution in [1.29, 1.82) is 0 Å². The first-order valence-corrected chi connectivity index (χ1v) is 11.9. The van der Waals surface area contributed by atoms with Gasteiger partial charge < -0.3 is 9.64 Å². The molecule has 2 aliphatic rings. The number of rotatable bonds is 6. The van der Waals surface area contributed by atoms with Crippen LogP contribution in [0.25, 0.3) is 5.57 Å². The van der Waals surface area contributed by atoms with Crippen molar-refractivity contribution >= 4 is 33.0 Å². The van der Waals surface area contributed by atoms with Crippen LogP contribution >= 0.6 is 11.6 Å². The van der Waals surface area contributed by atoms with Crippen LogP contribution in [0.4, 0.5) is 0 Å². The van der Waals surface area contributed by atoms with Crippen molar-refractivity contribution in [3.63, 3.8) is 0 Å². The summed E-state index contributed by atoms with van der Waals surface area (Å²) in [7, 11) is -4.03. The molecule has 1 aliphatic heterocycles. The number of ketones is 1. The highest BCUT2D eigenvalue weighted by atomic mass is 35.5. The summed E-state index contributed by atoms with van der Waals surface area (Å²) in [5.74, 6) is 0.406. The number of halogens is 1. The Kier molecular flexibility index (Phi) is 5.68. The largest absolute Gasteiger partial charge is 0.480 e. The highest BCUT2D eigenvalue weighted by molar-refractivity contribution is 7.89. The normalized spacial score (nSPS) is 15.5. The van der Waals surface area contributed by atoms with E-state index in [1.165, 1.54) is 29.3 Å². The predicted molar refractivity (Wildman–Crippen MR) is 120 cm³/mol. The maximum atomic E-state index is 13.0. The zero-order valence-corrected chi connectivity index (χ0v) is 18.7. The smallest absolute Gasteiger partial charge is 0.239 e. The molecule has 1 heterocycles. The molecule has 0 spiro atoms. The van der Waals surface area contributed by atoms with Gasteiger partial charge in [0.15, 0.2) is 11.7 Å². The van der Waals surface area contributed by atoms with E-state index in [0.717, 1.165) is 37.1 Å². The van der Waals surface area contributed by atoms with Gasteiger partial charge in [-0.1, -0.05) is 29.3 Å². The summed E-state index contributed by atoms with van der Waals surface area (Å²) in [6.45, 7) is 8.14. The van der Waals surface area contributed by atoms with Crippen LogP contribution in [0.15, 0.2) is 59.3 Å². The Balaban J connectivity index is 1.60. The van der Waals surface area contributed by atoms with Gasteiger partial charge in [-0.05, 0) is 67.3 Å². The predicted octanol–water partition coefficient (Wildman–Crippen LogP) is 3.74. The minimum atomic E-state index is -4.03. The number of fused-ring (bicyclic) bond motifs is 2. The lowest BCUT2D eigenvalue weighted by molar-refractivity contribution is 0.103. The molecule has 0 amide bonds. The van der Waals surface area contributed by atoms with Gasteiger partial charge in [0.05, 0.1) is 11.6 Å². The van der Waals surface area contributed by atoms with E-state index in [-0.39, 0.29) is 21.3 Å². The number of sulfonamides is 1. The third-order valence-corrected chi connectivity index (χ3v) is 7.11. The standard InChI is InChI=1S/C23H23ClN2O4S/c1-3-30-14(2)26-9-8-15-10-18-11-16(4-6-19(18)20(15)13-26)23(27)17-5-7-21(24)22(12-17)31(25,28)29/h4-7,11-12H,2-3,8-10,13H2,1H3,(H2,25,28,29). The molecule has 2 aromatic rings. The van der Waals surface area contributed by atoms with E-state index in [1.54, 1.807) is 6.07 Å². The monoisotopic (exact) mass is 458 g/mol. The van der Waals surface area contributed by atoms with Crippen LogP contribution < -0.4 is 5.14 Å². The van der Waals surface area contributed by atoms with Gasteiger partial charge in [0.2, 0.25) is 10.0 Å². The number of hydrogen-bond acceptors (Lipinski definition) is 5. The molecule has 2 N–H and O–H groups in total. The van der Waals surface area contributed by atoms with E-state index in [4.69, 9.17) is 21.5 Å². The van der Waals surface area contributed by atoms with Crippen molar-refractivity contribution in [2.24, 2.45) is 5.14 Å². The molecular formula is C23H23ClN2O4S. The SMILES string of the molecule is C=C(OCC)N1CCC2=C(C1)c1ccc(C(=O)c3ccc(Cl)c(S(N)(=O)=O)c3)cc1C2. The molecule has 0 radical (unpaired) electrons. The number of primary sulfonamides is 1. The van der Waals surface area contributed by atoms with Crippen molar-refractivity contribution in [2.75, 3.05) is 19.7 Å². The molecule has 0 unspecified atom stereocenters. The molecule has 162 valence electrons. The second kappa shape index (κ2) is 8.15. The fourth-order valence-corrected chi connectivity index (χ4v) is 5.25. The number of nitrogens with zero attached hydrogens (tertiary/aromatic N) is 1. The maximum absolute atomic E-state index is 13.0. The van der Waals surface area contributed by atoms with Gasteiger partial charge in [0.1, 0.15) is 4.90 Å². The summed E-state index contributed by atoms with van der Waals surface area (Å²) >= 11 is 5.94. The number of hydrogen-bond donors (Lipinski definition) is 1. The van der Waals surface area contributed by atoms with Crippen LogP contribution in [0, 0.1) is 0 Å². The Bertz CT molecular complexity index is 1230. The number of carbonyl (C=O) groups excluding carboxylic acids is 1. The van der Waals surface area contributed by atoms with E-state index in [2.05, 4.69) is 11.5 Å². The van der Waals surface area contributed by atoms with Gasteiger partial charge in [-0.2, -0.15) is 0 Å². The molecule has 0 saturated carbocycles. The molecule has 0 fully saturated rings. The summed E-state index contributed by atoms with van der Waals surface area (Å²) in [5, 5.41) is 5.20. The molecule has 1 aliphatic carbocycles. The summed E-state index contributed by atoms with van der Waals surface area (Å²) in [6.07, 6.45) is 1.73. The lowest BCUT2D eigenvalue weighted by Crippen LogP contribution is -2.30. The fourth-order valence-electron chi connectivity index (χ4n) is 4.18. The third kappa shape index (κ3) is 4.13. The van der Waals surface area contributed by atoms with Gasteiger partial charge in [-0.15, -0.1) is 0 Å². The number of nitrogens with two attached hydrogens (primary N) is 1. The van der Waals surface area contributed by atoms with E-state index in [1.807, 2.05) is 19.1 Å². The van der Waals surface area contributed by atoms with Crippen molar-refractivity contribution in [3.05, 3.63) is 81.7 Å². The second-order valence-corrected chi connectivity index (χ2v) is 9.59. The van der Waals surface area contributed by atoms with E-state index in [9.17, 15) is 13.2 Å². The highest BCUT2D eigenvalue weighted by Gasteiger charge is 2.29. The number of ether oxygens (including phenoxy) is 1. The third-order valence-electron chi connectivity index (χ3n) is 5.72. The lowest BCUT2D eigenvalue weighted by Gasteiger charge is -2.31. The number of benzene rings is 2. The summed E-state index contributed by atoms with van der Waals surface area (Å²) in [6, 6.07) is 9.75. The Labute approximate surface area is 187 Å². The summed E-state index contributed by atoms with van der Waals surface area (Å²) in [4.78, 5) is 14.9. The molecule has 31 heavy (non-hydrogen) atoms. The summed E-state index contributed by atoms with van der Waals surface area (Å²) in [5.41, 5.74) is 5.61. The van der Waals surface area contributed by atoms with Crippen LogP contribution in [0.3, 0.4) is 0 Å². The first-order chi connectivity index (χ1) is 14.7. The molecule has 0 bridgehead atoms. The minimum absolute atomic E-state index is 0.0110. The van der Waals surface area contributed by atoms with E-state index >= 15 is 0 Å². The topological polar surface area (TPSA) is 89.7 Å². The quantitative estimate of drug-likeness (QED) is 0.526. The Morgan fingerprint density at radius 2 is 1.94 bits per heavy atom. The molecule has 6 nitrogen and oxygen atoms in total. The second-order valence-electron chi connectivity index (χ2n) is 7.65. The van der Waals surface area contributed by atoms with Crippen molar-refractivity contribution in [2.45, 2.75) is 24.7 Å². The van der Waals surface area contributed by atoms with Crippen LogP contribution in [0.2, 0.25) is 5.02 Å². The van der Waals surface area contributed by atoms with E-state index < -0.39 is 10.0 Å². The van der Waals surface area contributed by atoms with Crippen LogP contribution in [0.1, 0.15) is 40.4 Å². The average molecular weight is 459 g/mol. The van der Waals surface area contributed by atoms with Gasteiger partial charge in [-0.25, -0.2) is 13.6 Å². The Morgan fingerprint density at radius 1 is 1.23 bits per heavy atom. The average Bonchev–Trinajstić information content (AvgIpc) is 3.10. The van der Waals surface area contributed by atoms with Crippen LogP contribution in [0.5, 0.6) is 0 Å². The first-order valence-electron chi connectivity index (χ1n) is 9.97. The first kappa shape index (κ1) is 21.6. The zero-order valence-electron chi connectivity index (χ0n) is 17.2. The zero-order chi connectivity index (χ0) is 22.3. The molecule has 0 aromatic heterocycles. The lowest BCUT2D eigenvalue weighted by atomic mass is 9.97. The van der Waals surface area contributed by atoms with Gasteiger partial charge in [-0.3, -0.25) is 4.79 Å². The van der Waals surface area contributed by atoms with Crippen molar-refractivity contribution in [3.8, 4) is 0 Å². The van der Waals surface area contributed by atoms with E-state index in [0.29, 0.717) is 18.1 Å². The maximum Gasteiger partial charge on any atom is 0.239 e. The Morgan fingerprint density at radius 3 is 2.65 bits per heavy atom. The molecule has 0 saturated heterocycles. The molecule has 4 rings (SSSR count). The Hall–Kier alpha value is -2.61.